The summed E-state index contributed by atoms with van der Waals surface area (Å²) in [5.41, 5.74) is 1.92. The molecule has 0 atom stereocenters. The lowest BCUT2D eigenvalue weighted by Gasteiger charge is -2.07. The number of benzene rings is 1. The highest BCUT2D eigenvalue weighted by molar-refractivity contribution is 5.89. The van der Waals surface area contributed by atoms with E-state index in [1.807, 2.05) is 12.1 Å². The van der Waals surface area contributed by atoms with Crippen LogP contribution in [0.5, 0.6) is 0 Å². The number of nitrogens with one attached hydrogen (secondary N) is 1. The van der Waals surface area contributed by atoms with Gasteiger partial charge in [-0.15, -0.1) is 0 Å². The number of nitrogens with zero attached hydrogens (tertiary/aromatic N) is 1. The van der Waals surface area contributed by atoms with Crippen molar-refractivity contribution in [3.8, 4) is 0 Å². The molecule has 1 heterocycles. The van der Waals surface area contributed by atoms with Gasteiger partial charge in [0.2, 0.25) is 0 Å². The SMILES string of the molecule is CCOC(=O)c1ccc(NCc2ccc(C(=O)OC)cc2)nc1. The maximum atomic E-state index is 11.5. The number of ether oxygens (including phenoxy) is 2. The van der Waals surface area contributed by atoms with Crippen molar-refractivity contribution in [2.24, 2.45) is 0 Å². The molecule has 2 rings (SSSR count). The lowest BCUT2D eigenvalue weighted by Crippen LogP contribution is -2.07. The third-order valence-corrected chi connectivity index (χ3v) is 3.12. The van der Waals surface area contributed by atoms with Crippen LogP contribution >= 0.6 is 0 Å². The molecule has 0 aliphatic rings. The summed E-state index contributed by atoms with van der Waals surface area (Å²) in [6, 6.07) is 10.5. The van der Waals surface area contributed by atoms with Gasteiger partial charge in [0, 0.05) is 12.7 Å². The fourth-order valence-corrected chi connectivity index (χ4v) is 1.90. The van der Waals surface area contributed by atoms with Crippen LogP contribution in [0.25, 0.3) is 0 Å². The molecule has 0 unspecified atom stereocenters. The van der Waals surface area contributed by atoms with Crippen LogP contribution in [-0.4, -0.2) is 30.6 Å². The van der Waals surface area contributed by atoms with Crippen molar-refractivity contribution in [3.63, 3.8) is 0 Å². The van der Waals surface area contributed by atoms with Crippen LogP contribution in [0.2, 0.25) is 0 Å². The summed E-state index contributed by atoms with van der Waals surface area (Å²) in [5, 5.41) is 3.14. The molecule has 120 valence electrons. The molecule has 1 aromatic carbocycles. The number of rotatable bonds is 6. The zero-order valence-corrected chi connectivity index (χ0v) is 13.0. The number of anilines is 1. The van der Waals surface area contributed by atoms with Crippen LogP contribution in [0.3, 0.4) is 0 Å². The second-order valence-corrected chi connectivity index (χ2v) is 4.69. The Balaban J connectivity index is 1.93. The Morgan fingerprint density at radius 3 is 2.30 bits per heavy atom. The predicted octanol–water partition coefficient (Wildman–Crippen LogP) is 2.66. The highest BCUT2D eigenvalue weighted by Crippen LogP contribution is 2.10. The molecular formula is C17H18N2O4. The van der Waals surface area contributed by atoms with Crippen molar-refractivity contribution in [2.75, 3.05) is 19.0 Å². The molecule has 0 radical (unpaired) electrons. The van der Waals surface area contributed by atoms with Crippen molar-refractivity contribution in [2.45, 2.75) is 13.5 Å². The second kappa shape index (κ2) is 7.93. The lowest BCUT2D eigenvalue weighted by molar-refractivity contribution is 0.0525. The van der Waals surface area contributed by atoms with E-state index in [-0.39, 0.29) is 11.9 Å². The largest absolute Gasteiger partial charge is 0.465 e. The topological polar surface area (TPSA) is 77.5 Å². The molecule has 0 fully saturated rings. The highest BCUT2D eigenvalue weighted by atomic mass is 16.5. The summed E-state index contributed by atoms with van der Waals surface area (Å²) >= 11 is 0. The maximum Gasteiger partial charge on any atom is 0.339 e. The monoisotopic (exact) mass is 314 g/mol. The van der Waals surface area contributed by atoms with Gasteiger partial charge in [0.05, 0.1) is 24.8 Å². The average molecular weight is 314 g/mol. The van der Waals surface area contributed by atoms with Gasteiger partial charge < -0.3 is 14.8 Å². The summed E-state index contributed by atoms with van der Waals surface area (Å²) in [7, 11) is 1.35. The van der Waals surface area contributed by atoms with Gasteiger partial charge >= 0.3 is 11.9 Å². The summed E-state index contributed by atoms with van der Waals surface area (Å²) < 4.78 is 9.55. The summed E-state index contributed by atoms with van der Waals surface area (Å²) in [6.07, 6.45) is 1.47. The first-order valence-corrected chi connectivity index (χ1v) is 7.18. The first-order valence-electron chi connectivity index (χ1n) is 7.18. The molecule has 1 aromatic heterocycles. The molecule has 6 nitrogen and oxygen atoms in total. The molecule has 0 saturated heterocycles. The molecule has 0 saturated carbocycles. The number of carbonyl (C=O) groups is 2. The van der Waals surface area contributed by atoms with Crippen LogP contribution in [0, 0.1) is 0 Å². The fourth-order valence-electron chi connectivity index (χ4n) is 1.90. The first kappa shape index (κ1) is 16.5. The normalized spacial score (nSPS) is 10.0. The van der Waals surface area contributed by atoms with Crippen molar-refractivity contribution in [3.05, 3.63) is 59.3 Å². The number of esters is 2. The van der Waals surface area contributed by atoms with Gasteiger partial charge in [-0.05, 0) is 36.8 Å². The van der Waals surface area contributed by atoms with Gasteiger partial charge in [-0.2, -0.15) is 0 Å². The van der Waals surface area contributed by atoms with E-state index in [1.54, 1.807) is 31.2 Å². The van der Waals surface area contributed by atoms with Crippen LogP contribution in [-0.2, 0) is 16.0 Å². The minimum absolute atomic E-state index is 0.334. The van der Waals surface area contributed by atoms with Crippen LogP contribution in [0.15, 0.2) is 42.6 Å². The molecule has 0 spiro atoms. The third kappa shape index (κ3) is 4.54. The Labute approximate surface area is 134 Å². The molecule has 2 aromatic rings. The average Bonchev–Trinajstić information content (AvgIpc) is 2.60. The Morgan fingerprint density at radius 2 is 1.74 bits per heavy atom. The van der Waals surface area contributed by atoms with E-state index >= 15 is 0 Å². The summed E-state index contributed by atoms with van der Waals surface area (Å²) in [5.74, 6) is -0.0965. The quantitative estimate of drug-likeness (QED) is 0.826. The minimum atomic E-state index is -0.384. The van der Waals surface area contributed by atoms with Gasteiger partial charge in [-0.25, -0.2) is 14.6 Å². The van der Waals surface area contributed by atoms with E-state index < -0.39 is 0 Å². The number of methoxy groups -OCH3 is 1. The highest BCUT2D eigenvalue weighted by Gasteiger charge is 2.07. The zero-order chi connectivity index (χ0) is 16.7. The van der Waals surface area contributed by atoms with Gasteiger partial charge in [0.1, 0.15) is 5.82 Å². The Morgan fingerprint density at radius 1 is 1.04 bits per heavy atom. The third-order valence-electron chi connectivity index (χ3n) is 3.12. The van der Waals surface area contributed by atoms with Crippen LogP contribution < -0.4 is 5.32 Å². The van der Waals surface area contributed by atoms with Gasteiger partial charge in [-0.3, -0.25) is 0 Å². The lowest BCUT2D eigenvalue weighted by atomic mass is 10.1. The molecule has 1 N–H and O–H groups in total. The van der Waals surface area contributed by atoms with Gasteiger partial charge in [0.15, 0.2) is 0 Å². The molecular weight excluding hydrogens is 296 g/mol. The Hall–Kier alpha value is -2.89. The number of hydrogen-bond acceptors (Lipinski definition) is 6. The minimum Gasteiger partial charge on any atom is -0.465 e. The number of pyridine rings is 1. The maximum absolute atomic E-state index is 11.5. The predicted molar refractivity (Wildman–Crippen MR) is 85.3 cm³/mol. The van der Waals surface area contributed by atoms with Crippen molar-refractivity contribution in [1.29, 1.82) is 0 Å². The molecule has 0 amide bonds. The summed E-state index contributed by atoms with van der Waals surface area (Å²) in [4.78, 5) is 27.0. The van der Waals surface area contributed by atoms with Crippen LogP contribution in [0.1, 0.15) is 33.2 Å². The van der Waals surface area contributed by atoms with Crippen molar-refractivity contribution < 1.29 is 19.1 Å². The number of aromatic nitrogens is 1. The molecule has 23 heavy (non-hydrogen) atoms. The van der Waals surface area contributed by atoms with E-state index in [4.69, 9.17) is 4.74 Å². The number of hydrogen-bond donors (Lipinski definition) is 1. The van der Waals surface area contributed by atoms with Crippen molar-refractivity contribution >= 4 is 17.8 Å². The van der Waals surface area contributed by atoms with E-state index in [0.717, 1.165) is 5.56 Å². The summed E-state index contributed by atoms with van der Waals surface area (Å²) in [6.45, 7) is 2.64. The number of carbonyl (C=O) groups excluding carboxylic acids is 2. The van der Waals surface area contributed by atoms with E-state index in [9.17, 15) is 9.59 Å². The Bertz CT molecular complexity index is 666. The first-order chi connectivity index (χ1) is 11.1. The van der Waals surface area contributed by atoms with Gasteiger partial charge in [0.25, 0.3) is 0 Å². The van der Waals surface area contributed by atoms with E-state index in [0.29, 0.717) is 30.1 Å². The molecule has 0 aliphatic carbocycles. The second-order valence-electron chi connectivity index (χ2n) is 4.69. The van der Waals surface area contributed by atoms with E-state index in [1.165, 1.54) is 13.3 Å². The molecule has 0 bridgehead atoms. The smallest absolute Gasteiger partial charge is 0.339 e. The van der Waals surface area contributed by atoms with Gasteiger partial charge in [-0.1, -0.05) is 12.1 Å². The molecule has 0 aliphatic heterocycles. The Kier molecular flexibility index (Phi) is 5.68. The standard InChI is InChI=1S/C17H18N2O4/c1-3-23-17(21)14-8-9-15(19-11-14)18-10-12-4-6-13(7-5-12)16(20)22-2/h4-9,11H,3,10H2,1-2H3,(H,18,19). The zero-order valence-electron chi connectivity index (χ0n) is 13.0. The fraction of sp³-hybridized carbons (Fsp3) is 0.235. The van der Waals surface area contributed by atoms with Crippen LogP contribution in [0.4, 0.5) is 5.82 Å². The van der Waals surface area contributed by atoms with E-state index in [2.05, 4.69) is 15.0 Å². The van der Waals surface area contributed by atoms with Crippen molar-refractivity contribution in [1.82, 2.24) is 4.98 Å². The molecule has 6 heteroatoms.